The van der Waals surface area contributed by atoms with Gasteiger partial charge in [0.1, 0.15) is 5.69 Å². The van der Waals surface area contributed by atoms with Crippen molar-refractivity contribution in [1.29, 1.82) is 0 Å². The third-order valence-corrected chi connectivity index (χ3v) is 3.96. The molecule has 2 heterocycles. The zero-order valence-electron chi connectivity index (χ0n) is 12.1. The Morgan fingerprint density at radius 2 is 1.77 bits per heavy atom. The molecular formula is C18H15N3O. The van der Waals surface area contributed by atoms with Crippen molar-refractivity contribution < 1.29 is 4.79 Å². The Morgan fingerprint density at radius 1 is 0.955 bits per heavy atom. The Hall–Kier alpha value is -2.75. The molecular weight excluding hydrogens is 274 g/mol. The van der Waals surface area contributed by atoms with Crippen molar-refractivity contribution in [2.75, 3.05) is 0 Å². The number of ketones is 1. The molecule has 108 valence electrons. The zero-order chi connectivity index (χ0) is 14.9. The van der Waals surface area contributed by atoms with E-state index in [1.165, 1.54) is 0 Å². The molecule has 4 nitrogen and oxygen atoms in total. The standard InChI is InChI=1S/C18H15N3O/c22-16-11-6-10-14-17(16)18(15-9-4-5-12-19-15)21(20-14)13-7-2-1-3-8-13/h1-5,7-9,12H,6,10-11H2. The predicted octanol–water partition coefficient (Wildman–Crippen LogP) is 3.45. The molecule has 4 heteroatoms. The first kappa shape index (κ1) is 13.0. The topological polar surface area (TPSA) is 47.8 Å². The number of hydrogen-bond donors (Lipinski definition) is 0. The lowest BCUT2D eigenvalue weighted by atomic mass is 9.93. The Balaban J connectivity index is 2.01. The van der Waals surface area contributed by atoms with Crippen molar-refractivity contribution in [3.8, 4) is 17.1 Å². The van der Waals surface area contributed by atoms with Gasteiger partial charge in [0.25, 0.3) is 0 Å². The van der Waals surface area contributed by atoms with Gasteiger partial charge in [-0.1, -0.05) is 24.3 Å². The molecule has 0 fully saturated rings. The van der Waals surface area contributed by atoms with Crippen molar-refractivity contribution in [2.45, 2.75) is 19.3 Å². The summed E-state index contributed by atoms with van der Waals surface area (Å²) in [5, 5.41) is 4.70. The third-order valence-electron chi connectivity index (χ3n) is 3.96. The van der Waals surface area contributed by atoms with E-state index in [2.05, 4.69) is 4.98 Å². The van der Waals surface area contributed by atoms with Crippen LogP contribution >= 0.6 is 0 Å². The quantitative estimate of drug-likeness (QED) is 0.726. The monoisotopic (exact) mass is 289 g/mol. The molecule has 22 heavy (non-hydrogen) atoms. The summed E-state index contributed by atoms with van der Waals surface area (Å²) < 4.78 is 1.86. The van der Waals surface area contributed by atoms with Gasteiger partial charge >= 0.3 is 0 Å². The Bertz CT molecular complexity index is 822. The number of hydrogen-bond acceptors (Lipinski definition) is 3. The highest BCUT2D eigenvalue weighted by Gasteiger charge is 2.28. The van der Waals surface area contributed by atoms with Crippen molar-refractivity contribution in [2.24, 2.45) is 0 Å². The van der Waals surface area contributed by atoms with E-state index in [0.717, 1.165) is 41.2 Å². The van der Waals surface area contributed by atoms with Gasteiger partial charge in [0, 0.05) is 12.6 Å². The largest absolute Gasteiger partial charge is 0.294 e. The van der Waals surface area contributed by atoms with Crippen LogP contribution in [0.5, 0.6) is 0 Å². The van der Waals surface area contributed by atoms with Gasteiger partial charge in [-0.2, -0.15) is 5.10 Å². The van der Waals surface area contributed by atoms with Crippen LogP contribution in [0, 0.1) is 0 Å². The summed E-state index contributed by atoms with van der Waals surface area (Å²) in [6, 6.07) is 15.6. The SMILES string of the molecule is O=C1CCCc2nn(-c3ccccc3)c(-c3ccccn3)c21. The fourth-order valence-electron chi connectivity index (χ4n) is 2.97. The molecule has 1 aromatic carbocycles. The lowest BCUT2D eigenvalue weighted by molar-refractivity contribution is 0.0973. The summed E-state index contributed by atoms with van der Waals surface area (Å²) in [4.78, 5) is 16.9. The lowest BCUT2D eigenvalue weighted by Gasteiger charge is -2.11. The number of nitrogens with zero attached hydrogens (tertiary/aromatic N) is 3. The number of carbonyl (C=O) groups excluding carboxylic acids is 1. The normalized spacial score (nSPS) is 13.9. The van der Waals surface area contributed by atoms with Crippen LogP contribution in [-0.2, 0) is 6.42 Å². The van der Waals surface area contributed by atoms with Crippen molar-refractivity contribution in [3.05, 3.63) is 66.0 Å². The van der Waals surface area contributed by atoms with E-state index in [1.54, 1.807) is 6.20 Å². The number of rotatable bonds is 2. The van der Waals surface area contributed by atoms with E-state index < -0.39 is 0 Å². The zero-order valence-corrected chi connectivity index (χ0v) is 12.1. The maximum atomic E-state index is 12.4. The fourth-order valence-corrected chi connectivity index (χ4v) is 2.97. The summed E-state index contributed by atoms with van der Waals surface area (Å²) >= 11 is 0. The number of aryl methyl sites for hydroxylation is 1. The summed E-state index contributed by atoms with van der Waals surface area (Å²) in [6.07, 6.45) is 4.06. The van der Waals surface area contributed by atoms with Crippen LogP contribution in [0.4, 0.5) is 0 Å². The minimum Gasteiger partial charge on any atom is -0.294 e. The molecule has 0 N–H and O–H groups in total. The van der Waals surface area contributed by atoms with Gasteiger partial charge < -0.3 is 0 Å². The molecule has 3 aromatic rings. The molecule has 0 saturated carbocycles. The Morgan fingerprint density at radius 3 is 2.55 bits per heavy atom. The second-order valence-corrected chi connectivity index (χ2v) is 5.41. The molecule has 0 atom stereocenters. The van der Waals surface area contributed by atoms with Gasteiger partial charge in [-0.25, -0.2) is 4.68 Å². The smallest absolute Gasteiger partial charge is 0.167 e. The number of Topliss-reactive ketones (excluding diaryl/α,β-unsaturated/α-hetero) is 1. The van der Waals surface area contributed by atoms with Gasteiger partial charge in [0.05, 0.1) is 22.6 Å². The molecule has 0 amide bonds. The predicted molar refractivity (Wildman–Crippen MR) is 84.1 cm³/mol. The fraction of sp³-hybridized carbons (Fsp3) is 0.167. The lowest BCUT2D eigenvalue weighted by Crippen LogP contribution is -2.10. The third kappa shape index (κ3) is 2.04. The van der Waals surface area contributed by atoms with E-state index in [-0.39, 0.29) is 5.78 Å². The average Bonchev–Trinajstić information content (AvgIpc) is 2.97. The van der Waals surface area contributed by atoms with Gasteiger partial charge in [-0.15, -0.1) is 0 Å². The van der Waals surface area contributed by atoms with Gasteiger partial charge in [-0.05, 0) is 37.1 Å². The van der Waals surface area contributed by atoms with Gasteiger partial charge in [-0.3, -0.25) is 9.78 Å². The number of para-hydroxylation sites is 1. The maximum Gasteiger partial charge on any atom is 0.167 e. The summed E-state index contributed by atoms with van der Waals surface area (Å²) in [5.74, 6) is 0.170. The molecule has 4 rings (SSSR count). The van der Waals surface area contributed by atoms with Crippen LogP contribution in [-0.4, -0.2) is 20.5 Å². The highest BCUT2D eigenvalue weighted by Crippen LogP contribution is 2.32. The number of benzene rings is 1. The van der Waals surface area contributed by atoms with E-state index in [4.69, 9.17) is 5.10 Å². The van der Waals surface area contributed by atoms with E-state index >= 15 is 0 Å². The minimum atomic E-state index is 0.170. The molecule has 0 aliphatic heterocycles. The van der Waals surface area contributed by atoms with Crippen molar-refractivity contribution in [1.82, 2.24) is 14.8 Å². The molecule has 0 spiro atoms. The molecule has 0 unspecified atom stereocenters. The van der Waals surface area contributed by atoms with Crippen LogP contribution in [0.25, 0.3) is 17.1 Å². The first-order chi connectivity index (χ1) is 10.8. The first-order valence-electron chi connectivity index (χ1n) is 7.46. The van der Waals surface area contributed by atoms with E-state index in [0.29, 0.717) is 6.42 Å². The maximum absolute atomic E-state index is 12.4. The Labute approximate surface area is 128 Å². The number of aromatic nitrogens is 3. The van der Waals surface area contributed by atoms with Crippen LogP contribution in [0.3, 0.4) is 0 Å². The number of fused-ring (bicyclic) bond motifs is 1. The van der Waals surface area contributed by atoms with Crippen LogP contribution < -0.4 is 0 Å². The molecule has 1 aliphatic rings. The number of pyridine rings is 1. The van der Waals surface area contributed by atoms with Crippen molar-refractivity contribution >= 4 is 5.78 Å². The van der Waals surface area contributed by atoms with Crippen molar-refractivity contribution in [3.63, 3.8) is 0 Å². The summed E-state index contributed by atoms with van der Waals surface area (Å²) in [5.41, 5.74) is 4.18. The summed E-state index contributed by atoms with van der Waals surface area (Å²) in [6.45, 7) is 0. The molecule has 0 saturated heterocycles. The van der Waals surface area contributed by atoms with Crippen LogP contribution in [0.2, 0.25) is 0 Å². The molecule has 2 aromatic heterocycles. The minimum absolute atomic E-state index is 0.170. The summed E-state index contributed by atoms with van der Waals surface area (Å²) in [7, 11) is 0. The van der Waals surface area contributed by atoms with Crippen LogP contribution in [0.15, 0.2) is 54.7 Å². The second kappa shape index (κ2) is 5.22. The van der Waals surface area contributed by atoms with Gasteiger partial charge in [0.2, 0.25) is 0 Å². The highest BCUT2D eigenvalue weighted by atomic mass is 16.1. The van der Waals surface area contributed by atoms with Gasteiger partial charge in [0.15, 0.2) is 5.78 Å². The highest BCUT2D eigenvalue weighted by molar-refractivity contribution is 6.03. The number of carbonyl (C=O) groups is 1. The van der Waals surface area contributed by atoms with E-state index in [9.17, 15) is 4.79 Å². The molecule has 1 aliphatic carbocycles. The molecule has 0 bridgehead atoms. The Kier molecular flexibility index (Phi) is 3.07. The van der Waals surface area contributed by atoms with E-state index in [1.807, 2.05) is 53.2 Å². The van der Waals surface area contributed by atoms with Crippen LogP contribution in [0.1, 0.15) is 28.9 Å². The second-order valence-electron chi connectivity index (χ2n) is 5.41. The molecule has 0 radical (unpaired) electrons. The average molecular weight is 289 g/mol. The first-order valence-corrected chi connectivity index (χ1v) is 7.46.